The van der Waals surface area contributed by atoms with E-state index in [9.17, 15) is 23.1 Å². The van der Waals surface area contributed by atoms with Crippen molar-refractivity contribution >= 4 is 17.6 Å². The van der Waals surface area contributed by atoms with E-state index in [0.29, 0.717) is 42.0 Å². The number of rotatable bonds is 8. The van der Waals surface area contributed by atoms with Crippen LogP contribution in [0.2, 0.25) is 0 Å². The number of cyclic esters (lactones) is 1. The Kier molecular flexibility index (Phi) is 7.83. The molecular weight excluding hydrogens is 523 g/mol. The molecule has 2 atom stereocenters. The molecule has 1 fully saturated rings. The number of carbonyl (C=O) groups is 1. The second kappa shape index (κ2) is 11.5. The number of esters is 1. The summed E-state index contributed by atoms with van der Waals surface area (Å²) in [6.07, 6.45) is 1.02. The normalized spacial score (nSPS) is 17.2. The summed E-state index contributed by atoms with van der Waals surface area (Å²) in [5.74, 6) is -1.53. The van der Waals surface area contributed by atoms with Crippen LogP contribution < -0.4 is 5.32 Å². The lowest BCUT2D eigenvalue weighted by atomic mass is 10.0. The number of halogens is 3. The third-order valence-electron chi connectivity index (χ3n) is 6.62. The molecule has 0 radical (unpaired) electrons. The number of ether oxygens (including phenoxy) is 1. The summed E-state index contributed by atoms with van der Waals surface area (Å²) in [5.41, 5.74) is 2.30. The van der Waals surface area contributed by atoms with Crippen molar-refractivity contribution in [2.75, 3.05) is 5.32 Å². The Labute approximate surface area is 228 Å². The first kappa shape index (κ1) is 27.3. The molecule has 2 aromatic heterocycles. The number of hydrogen-bond acceptors (Lipinski definition) is 7. The van der Waals surface area contributed by atoms with Crippen molar-refractivity contribution in [3.8, 4) is 22.6 Å². The molecule has 0 aliphatic carbocycles. The van der Waals surface area contributed by atoms with Crippen LogP contribution in [-0.4, -0.2) is 42.8 Å². The van der Waals surface area contributed by atoms with Crippen LogP contribution in [0.3, 0.4) is 0 Å². The fraction of sp³-hybridized carbons (Fsp3) is 0.310. The Bertz CT molecular complexity index is 1520. The van der Waals surface area contributed by atoms with E-state index in [1.165, 1.54) is 24.4 Å². The van der Waals surface area contributed by atoms with Gasteiger partial charge in [-0.05, 0) is 42.5 Å². The number of aliphatic hydroxyl groups excluding tert-OH is 1. The summed E-state index contributed by atoms with van der Waals surface area (Å²) in [4.78, 5) is 25.6. The van der Waals surface area contributed by atoms with Crippen molar-refractivity contribution in [1.82, 2.24) is 19.5 Å². The molecule has 0 bridgehead atoms. The molecule has 4 aromatic rings. The highest BCUT2D eigenvalue weighted by Gasteiger charge is 2.29. The lowest BCUT2D eigenvalue weighted by Crippen LogP contribution is -2.33. The number of carbonyl (C=O) groups excluding carboxylic acids is 1. The highest BCUT2D eigenvalue weighted by molar-refractivity contribution is 5.78. The van der Waals surface area contributed by atoms with Crippen molar-refractivity contribution in [2.45, 2.75) is 57.8 Å². The van der Waals surface area contributed by atoms with Gasteiger partial charge >= 0.3 is 5.97 Å². The van der Waals surface area contributed by atoms with Crippen molar-refractivity contribution in [3.63, 3.8) is 0 Å². The first-order valence-corrected chi connectivity index (χ1v) is 13.0. The molecule has 0 amide bonds. The average Bonchev–Trinajstić information content (AvgIpc) is 3.29. The average molecular weight is 552 g/mol. The quantitative estimate of drug-likeness (QED) is 0.269. The largest absolute Gasteiger partial charge is 0.462 e. The van der Waals surface area contributed by atoms with Gasteiger partial charge in [0.2, 0.25) is 5.95 Å². The molecule has 208 valence electrons. The van der Waals surface area contributed by atoms with Gasteiger partial charge in [-0.1, -0.05) is 13.8 Å². The topological polar surface area (TPSA) is 102 Å². The van der Waals surface area contributed by atoms with E-state index < -0.39 is 29.8 Å². The van der Waals surface area contributed by atoms with Crippen molar-refractivity contribution < 1.29 is 27.8 Å². The minimum Gasteiger partial charge on any atom is -0.462 e. The van der Waals surface area contributed by atoms with Crippen molar-refractivity contribution in [3.05, 3.63) is 78.0 Å². The van der Waals surface area contributed by atoms with E-state index in [2.05, 4.69) is 15.3 Å². The SMILES string of the molecule is CC(C)c1nc(-c2ccc(F)cc2)c(-c2ccnc(Nc3ccc(F)cc3F)n2)n1CC[C@@H]1C[C@@H](O)CC(=O)O1. The number of hydrogen-bond donors (Lipinski definition) is 2. The number of nitrogens with one attached hydrogen (secondary N) is 1. The molecular formula is C29H28F3N5O3. The fourth-order valence-electron chi connectivity index (χ4n) is 4.78. The monoisotopic (exact) mass is 551 g/mol. The van der Waals surface area contributed by atoms with Gasteiger partial charge in [0, 0.05) is 43.1 Å². The van der Waals surface area contributed by atoms with Crippen LogP contribution in [0.25, 0.3) is 22.6 Å². The van der Waals surface area contributed by atoms with Crippen LogP contribution in [0, 0.1) is 17.5 Å². The molecule has 5 rings (SSSR count). The molecule has 1 aliphatic heterocycles. The molecule has 11 heteroatoms. The number of anilines is 2. The highest BCUT2D eigenvalue weighted by Crippen LogP contribution is 2.35. The second-order valence-corrected chi connectivity index (χ2v) is 9.99. The maximum Gasteiger partial charge on any atom is 0.308 e. The second-order valence-electron chi connectivity index (χ2n) is 9.99. The maximum absolute atomic E-state index is 14.3. The molecule has 0 unspecified atom stereocenters. The summed E-state index contributed by atoms with van der Waals surface area (Å²) in [5, 5.41) is 12.9. The summed E-state index contributed by atoms with van der Waals surface area (Å²) >= 11 is 0. The van der Waals surface area contributed by atoms with Crippen molar-refractivity contribution in [2.24, 2.45) is 0 Å². The maximum atomic E-state index is 14.3. The number of aromatic nitrogens is 4. The van der Waals surface area contributed by atoms with E-state index in [1.807, 2.05) is 18.4 Å². The minimum absolute atomic E-state index is 0.00589. The lowest BCUT2D eigenvalue weighted by Gasteiger charge is -2.26. The van der Waals surface area contributed by atoms with Gasteiger partial charge in [-0.15, -0.1) is 0 Å². The Hall–Kier alpha value is -4.25. The lowest BCUT2D eigenvalue weighted by molar-refractivity contribution is -0.160. The number of imidazole rings is 1. The van der Waals surface area contributed by atoms with Gasteiger partial charge in [0.25, 0.3) is 0 Å². The fourth-order valence-corrected chi connectivity index (χ4v) is 4.78. The molecule has 0 spiro atoms. The van der Waals surface area contributed by atoms with E-state index >= 15 is 0 Å². The molecule has 1 saturated heterocycles. The summed E-state index contributed by atoms with van der Waals surface area (Å²) in [7, 11) is 0. The predicted octanol–water partition coefficient (Wildman–Crippen LogP) is 5.75. The molecule has 40 heavy (non-hydrogen) atoms. The van der Waals surface area contributed by atoms with E-state index in [4.69, 9.17) is 9.72 Å². The van der Waals surface area contributed by atoms with E-state index in [1.54, 1.807) is 18.2 Å². The molecule has 8 nitrogen and oxygen atoms in total. The first-order chi connectivity index (χ1) is 19.2. The smallest absolute Gasteiger partial charge is 0.308 e. The molecule has 0 saturated carbocycles. The molecule has 3 heterocycles. The van der Waals surface area contributed by atoms with Crippen LogP contribution in [0.4, 0.5) is 24.8 Å². The standard InChI is InChI=1S/C29H28F3N5O3/c1-16(2)28-36-26(17-3-5-18(30)6-4-17)27(37(28)12-10-21-14-20(38)15-25(39)40-21)24-9-11-33-29(35-24)34-23-8-7-19(31)13-22(23)32/h3-9,11,13,16,20-21,38H,10,12,14-15H2,1-2H3,(H,33,34,35)/t20-,21-/m1/s1. The molecule has 1 aliphatic rings. The van der Waals surface area contributed by atoms with E-state index in [-0.39, 0.29) is 29.8 Å². The Morgan fingerprint density at radius 2 is 1.82 bits per heavy atom. The summed E-state index contributed by atoms with van der Waals surface area (Å²) in [6.45, 7) is 4.37. The zero-order chi connectivity index (χ0) is 28.4. The number of aliphatic hydroxyl groups is 1. The Morgan fingerprint density at radius 3 is 2.52 bits per heavy atom. The van der Waals surface area contributed by atoms with Gasteiger partial charge in [0.1, 0.15) is 29.4 Å². The van der Waals surface area contributed by atoms with Gasteiger partial charge in [-0.25, -0.2) is 28.1 Å². The minimum atomic E-state index is -0.794. The van der Waals surface area contributed by atoms with Crippen LogP contribution in [0.15, 0.2) is 54.7 Å². The van der Waals surface area contributed by atoms with Gasteiger partial charge in [0.15, 0.2) is 0 Å². The Morgan fingerprint density at radius 1 is 1.07 bits per heavy atom. The summed E-state index contributed by atoms with van der Waals surface area (Å²) in [6, 6.07) is 10.8. The zero-order valence-corrected chi connectivity index (χ0v) is 21.9. The van der Waals surface area contributed by atoms with Gasteiger partial charge in [0.05, 0.1) is 35.3 Å². The van der Waals surface area contributed by atoms with Gasteiger partial charge in [-0.2, -0.15) is 0 Å². The van der Waals surface area contributed by atoms with Crippen LogP contribution in [0.1, 0.15) is 44.9 Å². The summed E-state index contributed by atoms with van der Waals surface area (Å²) < 4.78 is 48.9. The molecule has 2 aromatic carbocycles. The van der Waals surface area contributed by atoms with Gasteiger partial charge < -0.3 is 19.7 Å². The van der Waals surface area contributed by atoms with Crippen molar-refractivity contribution in [1.29, 1.82) is 0 Å². The van der Waals surface area contributed by atoms with Crippen LogP contribution in [0.5, 0.6) is 0 Å². The first-order valence-electron chi connectivity index (χ1n) is 13.0. The predicted molar refractivity (Wildman–Crippen MR) is 142 cm³/mol. The van der Waals surface area contributed by atoms with E-state index in [0.717, 1.165) is 18.0 Å². The highest BCUT2D eigenvalue weighted by atomic mass is 19.1. The number of benzene rings is 2. The van der Waals surface area contributed by atoms with Gasteiger partial charge in [-0.3, -0.25) is 4.79 Å². The Balaban J connectivity index is 1.58. The third-order valence-corrected chi connectivity index (χ3v) is 6.62. The zero-order valence-electron chi connectivity index (χ0n) is 21.9. The van der Waals surface area contributed by atoms with Crippen LogP contribution in [-0.2, 0) is 16.1 Å². The number of nitrogens with zero attached hydrogens (tertiary/aromatic N) is 4. The molecule has 2 N–H and O–H groups in total. The van der Waals surface area contributed by atoms with Crippen LogP contribution >= 0.6 is 0 Å². The third kappa shape index (κ3) is 5.99.